The number of nitrogens with two attached hydrogens (primary N) is 1. The lowest BCUT2D eigenvalue weighted by Crippen LogP contribution is -2.26. The number of amides is 1. The van der Waals surface area contributed by atoms with Crippen molar-refractivity contribution in [2.24, 2.45) is 27.1 Å². The Morgan fingerprint density at radius 2 is 1.41 bits per heavy atom. The molecule has 44 heavy (non-hydrogen) atoms. The molecule has 1 rings (SSSR count). The van der Waals surface area contributed by atoms with E-state index in [2.05, 4.69) is 20.8 Å². The van der Waals surface area contributed by atoms with Gasteiger partial charge in [0.2, 0.25) is 5.91 Å². The quantitative estimate of drug-likeness (QED) is 0.0807. The van der Waals surface area contributed by atoms with Gasteiger partial charge in [-0.05, 0) is 56.7 Å². The van der Waals surface area contributed by atoms with Gasteiger partial charge in [0.25, 0.3) is 0 Å². The van der Waals surface area contributed by atoms with Crippen LogP contribution >= 0.6 is 0 Å². The van der Waals surface area contributed by atoms with E-state index in [4.69, 9.17) is 5.73 Å². The molecule has 0 fully saturated rings. The molecule has 0 unspecified atom stereocenters. The second kappa shape index (κ2) is 26.2. The first-order valence-corrected chi connectivity index (χ1v) is 19.2. The van der Waals surface area contributed by atoms with Crippen LogP contribution in [0.5, 0.6) is 0 Å². The molecule has 10 nitrogen and oxygen atoms in total. The molecule has 1 heterocycles. The van der Waals surface area contributed by atoms with Crippen molar-refractivity contribution >= 4 is 33.0 Å². The Kier molecular flexibility index (Phi) is 23.9. The third kappa shape index (κ3) is 22.5. The fourth-order valence-electron chi connectivity index (χ4n) is 5.59. The van der Waals surface area contributed by atoms with Gasteiger partial charge in [-0.15, -0.1) is 5.10 Å². The van der Waals surface area contributed by atoms with E-state index in [0.29, 0.717) is 38.9 Å². The first kappa shape index (κ1) is 40.0. The molecule has 3 N–H and O–H groups in total. The fraction of sp³-hybridized carbons (Fsp3) is 0.879. The molecule has 1 amide bonds. The molecule has 11 heteroatoms. The summed E-state index contributed by atoms with van der Waals surface area (Å²) in [5.74, 6) is -0.719. The molecule has 0 aromatic rings. The van der Waals surface area contributed by atoms with Crippen LogP contribution in [0.1, 0.15) is 148 Å². The van der Waals surface area contributed by atoms with Crippen LogP contribution in [0.15, 0.2) is 15.4 Å². The smallest absolute Gasteiger partial charge is 0.220 e. The van der Waals surface area contributed by atoms with Crippen LogP contribution in [0.25, 0.3) is 0 Å². The first-order valence-electron chi connectivity index (χ1n) is 17.4. The van der Waals surface area contributed by atoms with Crippen molar-refractivity contribution in [1.29, 1.82) is 0 Å². The summed E-state index contributed by atoms with van der Waals surface area (Å²) in [4.78, 5) is 36.2. The summed E-state index contributed by atoms with van der Waals surface area (Å²) in [6.45, 7) is 3.56. The van der Waals surface area contributed by atoms with Gasteiger partial charge in [-0.25, -0.2) is 8.42 Å². The maximum absolute atomic E-state index is 12.3. The number of unbranched alkanes of at least 4 members (excludes halogenated alkanes) is 13. The molecule has 1 aliphatic heterocycles. The van der Waals surface area contributed by atoms with Crippen molar-refractivity contribution in [3.8, 4) is 0 Å². The van der Waals surface area contributed by atoms with Crippen molar-refractivity contribution in [3.63, 3.8) is 0 Å². The summed E-state index contributed by atoms with van der Waals surface area (Å²) in [5.41, 5.74) is 6.72. The Labute approximate surface area is 267 Å². The van der Waals surface area contributed by atoms with Gasteiger partial charge in [0.1, 0.15) is 23.9 Å². The van der Waals surface area contributed by atoms with Crippen LogP contribution in [0.3, 0.4) is 0 Å². The van der Waals surface area contributed by atoms with Crippen LogP contribution in [0.4, 0.5) is 0 Å². The number of carbonyl (C=O) groups is 3. The van der Waals surface area contributed by atoms with Crippen molar-refractivity contribution in [3.05, 3.63) is 0 Å². The maximum atomic E-state index is 12.3. The molecule has 1 atom stereocenters. The van der Waals surface area contributed by atoms with Crippen molar-refractivity contribution in [2.45, 2.75) is 148 Å². The number of rotatable bonds is 31. The van der Waals surface area contributed by atoms with E-state index >= 15 is 0 Å². The predicted octanol–water partition coefficient (Wildman–Crippen LogP) is 6.65. The van der Waals surface area contributed by atoms with Gasteiger partial charge in [0.15, 0.2) is 9.84 Å². The second-order valence-electron chi connectivity index (χ2n) is 12.3. The lowest BCUT2D eigenvalue weighted by atomic mass is 9.92. The van der Waals surface area contributed by atoms with Gasteiger partial charge in [0.05, 0.1) is 11.5 Å². The van der Waals surface area contributed by atoms with Crippen LogP contribution in [0.2, 0.25) is 0 Å². The monoisotopic (exact) mass is 639 g/mol. The second-order valence-corrected chi connectivity index (χ2v) is 14.5. The molecule has 0 saturated heterocycles. The Bertz CT molecular complexity index is 968. The van der Waals surface area contributed by atoms with Crippen LogP contribution < -0.4 is 11.1 Å². The lowest BCUT2D eigenvalue weighted by molar-refractivity contribution is -0.123. The molecule has 1 aliphatic rings. The summed E-state index contributed by atoms with van der Waals surface area (Å²) in [6, 6.07) is 0. The largest absolute Gasteiger partial charge is 0.356 e. The molecular formula is C33H61N5O5S. The highest BCUT2D eigenvalue weighted by atomic mass is 32.2. The number of hydrogen-bond acceptors (Lipinski definition) is 9. The van der Waals surface area contributed by atoms with Gasteiger partial charge in [-0.3, -0.25) is 14.4 Å². The van der Waals surface area contributed by atoms with Crippen molar-refractivity contribution in [2.75, 3.05) is 31.1 Å². The van der Waals surface area contributed by atoms with E-state index in [1.807, 2.05) is 6.92 Å². The molecule has 0 aliphatic carbocycles. The normalized spacial score (nSPS) is 13.6. The number of hydrogen-bond donors (Lipinski definition) is 2. The summed E-state index contributed by atoms with van der Waals surface area (Å²) in [7, 11) is -3.49. The highest BCUT2D eigenvalue weighted by Crippen LogP contribution is 2.16. The van der Waals surface area contributed by atoms with Crippen molar-refractivity contribution < 1.29 is 22.8 Å². The number of carbonyl (C=O) groups excluding carboxylic acids is 3. The average Bonchev–Trinajstić information content (AvgIpc) is 3.51. The van der Waals surface area contributed by atoms with E-state index in [0.717, 1.165) is 50.7 Å². The fourth-order valence-corrected chi connectivity index (χ4v) is 6.96. The van der Waals surface area contributed by atoms with E-state index in [1.54, 1.807) is 0 Å². The van der Waals surface area contributed by atoms with Gasteiger partial charge in [-0.1, -0.05) is 84.0 Å². The third-order valence-corrected chi connectivity index (χ3v) is 9.96. The predicted molar refractivity (Wildman–Crippen MR) is 179 cm³/mol. The molecule has 0 bridgehead atoms. The highest BCUT2D eigenvalue weighted by Gasteiger charge is 2.17. The van der Waals surface area contributed by atoms with Gasteiger partial charge >= 0.3 is 0 Å². The number of Topliss-reactive ketones (excluding diaryl/α,β-unsaturated/α-hetero) is 2. The van der Waals surface area contributed by atoms with E-state index in [1.165, 1.54) is 64.2 Å². The van der Waals surface area contributed by atoms with Crippen LogP contribution in [-0.4, -0.2) is 62.7 Å². The summed E-state index contributed by atoms with van der Waals surface area (Å²) in [5, 5.41) is 14.4. The number of ketones is 2. The summed E-state index contributed by atoms with van der Waals surface area (Å²) >= 11 is 0. The number of nitrogens with zero attached hydrogens (tertiary/aromatic N) is 3. The minimum absolute atomic E-state index is 0.00229. The van der Waals surface area contributed by atoms with Gasteiger partial charge in [-0.2, -0.15) is 5.11 Å². The third-order valence-electron chi connectivity index (χ3n) is 8.28. The molecule has 0 radical (unpaired) electrons. The lowest BCUT2D eigenvalue weighted by Gasteiger charge is -2.13. The Balaban J connectivity index is 1.92. The zero-order valence-electron chi connectivity index (χ0n) is 27.5. The van der Waals surface area contributed by atoms with Gasteiger partial charge < -0.3 is 11.1 Å². The van der Waals surface area contributed by atoms with Gasteiger partial charge in [0, 0.05) is 31.7 Å². The molecular weight excluding hydrogens is 578 g/mol. The highest BCUT2D eigenvalue weighted by molar-refractivity contribution is 7.92. The first-order chi connectivity index (χ1) is 21.3. The van der Waals surface area contributed by atoms with Crippen LogP contribution in [-0.2, 0) is 24.2 Å². The topological polar surface area (TPSA) is 160 Å². The SMILES string of the molecule is CCC(=O)[C@@H](CCN)CCCCNC(=O)CCCS(=O)(=O)CC(=O)CCCCCCCCCCCCCCCC1=NN=NC1. The van der Waals surface area contributed by atoms with Crippen LogP contribution in [0, 0.1) is 5.92 Å². The maximum Gasteiger partial charge on any atom is 0.220 e. The zero-order chi connectivity index (χ0) is 32.3. The zero-order valence-corrected chi connectivity index (χ0v) is 28.4. The summed E-state index contributed by atoms with van der Waals surface area (Å²) < 4.78 is 24.6. The standard InChI is InChI=1S/C33H61N5O5S/c1-2-32(40)29(23-24-34)19-16-17-25-35-33(41)22-18-26-44(42,43)28-31(39)21-15-13-11-9-7-5-3-4-6-8-10-12-14-20-30-27-36-38-37-30/h29H,2-28,34H2,1H3,(H,35,41)/t29-/m1/s1. The molecule has 254 valence electrons. The minimum Gasteiger partial charge on any atom is -0.356 e. The molecule has 0 saturated carbocycles. The van der Waals surface area contributed by atoms with Crippen molar-refractivity contribution in [1.82, 2.24) is 5.32 Å². The summed E-state index contributed by atoms with van der Waals surface area (Å²) in [6.07, 6.45) is 20.7. The Morgan fingerprint density at radius 3 is 1.98 bits per heavy atom. The van der Waals surface area contributed by atoms with E-state index < -0.39 is 15.6 Å². The number of sulfone groups is 1. The Morgan fingerprint density at radius 1 is 0.795 bits per heavy atom. The average molecular weight is 640 g/mol. The molecule has 0 aromatic heterocycles. The molecule has 0 spiro atoms. The molecule has 0 aromatic carbocycles. The van der Waals surface area contributed by atoms with E-state index in [9.17, 15) is 22.8 Å². The number of nitrogens with one attached hydrogen (secondary N) is 1. The Hall–Kier alpha value is -2.01. The van der Waals surface area contributed by atoms with E-state index in [-0.39, 0.29) is 42.0 Å². The minimum atomic E-state index is -3.49.